The van der Waals surface area contributed by atoms with Crippen LogP contribution in [0.25, 0.3) is 11.3 Å². The van der Waals surface area contributed by atoms with Crippen molar-refractivity contribution in [1.29, 1.82) is 0 Å². The Kier molecular flexibility index (Phi) is 1.68. The molecule has 0 spiro atoms. The quantitative estimate of drug-likeness (QED) is 0.683. The Bertz CT molecular complexity index is 341. The largest absolute Gasteiger partial charge is 0.472 e. The maximum atomic E-state index is 5.65. The summed E-state index contributed by atoms with van der Waals surface area (Å²) in [6.45, 7) is 0. The van der Waals surface area contributed by atoms with Crippen molar-refractivity contribution in [3.63, 3.8) is 0 Å². The summed E-state index contributed by atoms with van der Waals surface area (Å²) in [5.74, 6) is 0. The third-order valence-corrected chi connectivity index (χ3v) is 2.27. The molecule has 0 aliphatic heterocycles. The molecule has 0 saturated carbocycles. The zero-order chi connectivity index (χ0) is 7.68. The van der Waals surface area contributed by atoms with Crippen LogP contribution in [0.1, 0.15) is 0 Å². The Morgan fingerprint density at radius 3 is 3.00 bits per heavy atom. The van der Waals surface area contributed by atoms with Gasteiger partial charge in [0.2, 0.25) is 0 Å². The van der Waals surface area contributed by atoms with E-state index in [1.54, 1.807) is 12.5 Å². The molecule has 0 saturated heterocycles. The van der Waals surface area contributed by atoms with Crippen LogP contribution in [0.2, 0.25) is 4.47 Å². The van der Waals surface area contributed by atoms with E-state index in [2.05, 4.69) is 4.98 Å². The highest BCUT2D eigenvalue weighted by atomic mass is 35.5. The van der Waals surface area contributed by atoms with Crippen molar-refractivity contribution in [1.82, 2.24) is 4.98 Å². The summed E-state index contributed by atoms with van der Waals surface area (Å²) in [5, 5.41) is 1.90. The van der Waals surface area contributed by atoms with Gasteiger partial charge in [-0.1, -0.05) is 11.6 Å². The van der Waals surface area contributed by atoms with Gasteiger partial charge in [0.05, 0.1) is 18.2 Å². The number of halogens is 1. The number of furan rings is 1. The molecule has 0 atom stereocenters. The molecule has 0 aromatic carbocycles. The lowest BCUT2D eigenvalue weighted by Gasteiger charge is -1.83. The highest BCUT2D eigenvalue weighted by molar-refractivity contribution is 7.14. The Morgan fingerprint density at radius 1 is 1.55 bits per heavy atom. The van der Waals surface area contributed by atoms with E-state index in [4.69, 9.17) is 16.0 Å². The number of hydrogen-bond donors (Lipinski definition) is 0. The molecule has 0 aliphatic rings. The number of aromatic nitrogens is 1. The highest BCUT2D eigenvalue weighted by Crippen LogP contribution is 2.24. The minimum absolute atomic E-state index is 0.557. The first-order chi connectivity index (χ1) is 5.36. The first-order valence-corrected chi connectivity index (χ1v) is 4.25. The van der Waals surface area contributed by atoms with Gasteiger partial charge in [0.25, 0.3) is 0 Å². The molecular weight excluding hydrogens is 182 g/mol. The van der Waals surface area contributed by atoms with Crippen LogP contribution in [0.15, 0.2) is 28.4 Å². The fourth-order valence-electron chi connectivity index (χ4n) is 0.795. The number of nitrogens with zero attached hydrogens (tertiary/aromatic N) is 1. The number of hydrogen-bond acceptors (Lipinski definition) is 3. The molecule has 2 heterocycles. The zero-order valence-electron chi connectivity index (χ0n) is 5.45. The Labute approximate surface area is 72.4 Å². The summed E-state index contributed by atoms with van der Waals surface area (Å²) in [6, 6.07) is 1.85. The van der Waals surface area contributed by atoms with Gasteiger partial charge in [-0.05, 0) is 6.07 Å². The summed E-state index contributed by atoms with van der Waals surface area (Å²) >= 11 is 7.07. The first kappa shape index (κ1) is 6.88. The number of thiazole rings is 1. The van der Waals surface area contributed by atoms with E-state index in [1.165, 1.54) is 11.3 Å². The molecule has 11 heavy (non-hydrogen) atoms. The molecule has 0 unspecified atom stereocenters. The van der Waals surface area contributed by atoms with Gasteiger partial charge in [-0.2, -0.15) is 0 Å². The summed E-state index contributed by atoms with van der Waals surface area (Å²) in [5.41, 5.74) is 1.84. The minimum Gasteiger partial charge on any atom is -0.472 e. The minimum atomic E-state index is 0.557. The monoisotopic (exact) mass is 185 g/mol. The average Bonchev–Trinajstić information content (AvgIpc) is 2.55. The maximum Gasteiger partial charge on any atom is 0.184 e. The Morgan fingerprint density at radius 2 is 2.45 bits per heavy atom. The van der Waals surface area contributed by atoms with Crippen molar-refractivity contribution in [2.24, 2.45) is 0 Å². The molecule has 56 valence electrons. The zero-order valence-corrected chi connectivity index (χ0v) is 7.02. The topological polar surface area (TPSA) is 26.0 Å². The van der Waals surface area contributed by atoms with E-state index >= 15 is 0 Å². The van der Waals surface area contributed by atoms with Crippen LogP contribution in [-0.4, -0.2) is 4.98 Å². The SMILES string of the molecule is Clc1nc(-c2ccoc2)cs1. The molecule has 2 aromatic heterocycles. The first-order valence-electron chi connectivity index (χ1n) is 3.00. The lowest BCUT2D eigenvalue weighted by molar-refractivity contribution is 0.568. The van der Waals surface area contributed by atoms with Crippen LogP contribution in [0.4, 0.5) is 0 Å². The molecule has 2 aromatic rings. The van der Waals surface area contributed by atoms with Crippen LogP contribution >= 0.6 is 22.9 Å². The normalized spacial score (nSPS) is 10.3. The van der Waals surface area contributed by atoms with Crippen molar-refractivity contribution in [2.45, 2.75) is 0 Å². The van der Waals surface area contributed by atoms with Gasteiger partial charge in [-0.25, -0.2) is 4.98 Å². The number of rotatable bonds is 1. The second-order valence-electron chi connectivity index (χ2n) is 2.00. The second kappa shape index (κ2) is 2.68. The fraction of sp³-hybridized carbons (Fsp3) is 0. The molecule has 0 aliphatic carbocycles. The van der Waals surface area contributed by atoms with E-state index < -0.39 is 0 Å². The van der Waals surface area contributed by atoms with E-state index in [9.17, 15) is 0 Å². The Balaban J connectivity index is 2.45. The van der Waals surface area contributed by atoms with E-state index in [0.29, 0.717) is 4.47 Å². The third-order valence-electron chi connectivity index (χ3n) is 1.29. The summed E-state index contributed by atoms with van der Waals surface area (Å²) in [4.78, 5) is 4.08. The van der Waals surface area contributed by atoms with E-state index in [-0.39, 0.29) is 0 Å². The van der Waals surface area contributed by atoms with Crippen molar-refractivity contribution < 1.29 is 4.42 Å². The average molecular weight is 186 g/mol. The van der Waals surface area contributed by atoms with Gasteiger partial charge in [0, 0.05) is 10.9 Å². The second-order valence-corrected chi connectivity index (χ2v) is 3.44. The van der Waals surface area contributed by atoms with Crippen molar-refractivity contribution >= 4 is 22.9 Å². The molecule has 0 radical (unpaired) electrons. The fourth-order valence-corrected chi connectivity index (χ4v) is 1.57. The van der Waals surface area contributed by atoms with Crippen molar-refractivity contribution in [2.75, 3.05) is 0 Å². The van der Waals surface area contributed by atoms with Crippen LogP contribution in [-0.2, 0) is 0 Å². The van der Waals surface area contributed by atoms with Crippen molar-refractivity contribution in [3.05, 3.63) is 28.4 Å². The molecule has 0 fully saturated rings. The highest BCUT2D eigenvalue weighted by Gasteiger charge is 2.02. The molecule has 0 amide bonds. The molecule has 0 N–H and O–H groups in total. The summed E-state index contributed by atoms with van der Waals surface area (Å²) in [7, 11) is 0. The van der Waals surface area contributed by atoms with E-state index in [0.717, 1.165) is 11.3 Å². The van der Waals surface area contributed by atoms with Gasteiger partial charge in [-0.15, -0.1) is 11.3 Å². The molecule has 2 nitrogen and oxygen atoms in total. The maximum absolute atomic E-state index is 5.65. The van der Waals surface area contributed by atoms with Crippen LogP contribution in [0.5, 0.6) is 0 Å². The molecule has 2 rings (SSSR count). The Hall–Kier alpha value is -0.800. The van der Waals surface area contributed by atoms with Gasteiger partial charge in [-0.3, -0.25) is 0 Å². The van der Waals surface area contributed by atoms with Crippen LogP contribution < -0.4 is 0 Å². The summed E-state index contributed by atoms with van der Waals surface area (Å²) in [6.07, 6.45) is 3.26. The van der Waals surface area contributed by atoms with Crippen molar-refractivity contribution in [3.8, 4) is 11.3 Å². The molecular formula is C7H4ClNOS. The van der Waals surface area contributed by atoms with Gasteiger partial charge < -0.3 is 4.42 Å². The van der Waals surface area contributed by atoms with Crippen LogP contribution in [0, 0.1) is 0 Å². The van der Waals surface area contributed by atoms with Gasteiger partial charge in [0.1, 0.15) is 0 Å². The smallest absolute Gasteiger partial charge is 0.184 e. The molecule has 0 bridgehead atoms. The summed E-state index contributed by atoms with van der Waals surface area (Å²) < 4.78 is 5.46. The lowest BCUT2D eigenvalue weighted by atomic mass is 10.3. The van der Waals surface area contributed by atoms with Gasteiger partial charge in [0.15, 0.2) is 4.47 Å². The molecule has 4 heteroatoms. The lowest BCUT2D eigenvalue weighted by Crippen LogP contribution is -1.69. The van der Waals surface area contributed by atoms with Crippen LogP contribution in [0.3, 0.4) is 0 Å². The predicted octanol–water partition coefficient (Wildman–Crippen LogP) is 3.06. The standard InChI is InChI=1S/C7H4ClNOS/c8-7-9-6(4-11-7)5-1-2-10-3-5/h1-4H. The van der Waals surface area contributed by atoms with E-state index in [1.807, 2.05) is 11.4 Å². The third kappa shape index (κ3) is 1.29. The predicted molar refractivity (Wildman–Crippen MR) is 44.8 cm³/mol. The van der Waals surface area contributed by atoms with Gasteiger partial charge >= 0.3 is 0 Å².